The van der Waals surface area contributed by atoms with Crippen LogP contribution in [0.1, 0.15) is 51.3 Å². The van der Waals surface area contributed by atoms with Crippen LogP contribution in [-0.2, 0) is 16.6 Å². The second-order valence-corrected chi connectivity index (χ2v) is 7.62. The molecule has 0 aliphatic heterocycles. The van der Waals surface area contributed by atoms with Crippen LogP contribution in [0.5, 0.6) is 0 Å². The van der Waals surface area contributed by atoms with Gasteiger partial charge in [-0.2, -0.15) is 4.31 Å². The average Bonchev–Trinajstić information content (AvgIpc) is 3.21. The monoisotopic (exact) mass is 313 g/mol. The van der Waals surface area contributed by atoms with Crippen LogP contribution in [0.15, 0.2) is 17.2 Å². The van der Waals surface area contributed by atoms with Crippen molar-refractivity contribution < 1.29 is 8.42 Å². The van der Waals surface area contributed by atoms with Crippen LogP contribution >= 0.6 is 0 Å². The van der Waals surface area contributed by atoms with Gasteiger partial charge in [-0.05, 0) is 32.4 Å². The summed E-state index contributed by atoms with van der Waals surface area (Å²) in [6.45, 7) is 5.81. The molecule has 0 radical (unpaired) electrons. The highest BCUT2D eigenvalue weighted by molar-refractivity contribution is 7.89. The summed E-state index contributed by atoms with van der Waals surface area (Å²) in [5, 5.41) is 3.12. The number of rotatable bonds is 9. The number of nitrogens with zero attached hydrogens (tertiary/aromatic N) is 2. The molecule has 0 unspecified atom stereocenters. The van der Waals surface area contributed by atoms with Gasteiger partial charge in [-0.1, -0.05) is 20.3 Å². The molecule has 1 aliphatic carbocycles. The molecule has 2 rings (SSSR count). The number of hydrogen-bond acceptors (Lipinski definition) is 3. The van der Waals surface area contributed by atoms with Gasteiger partial charge in [-0.15, -0.1) is 0 Å². The zero-order chi connectivity index (χ0) is 15.5. The predicted molar refractivity (Wildman–Crippen MR) is 84.8 cm³/mol. The molecule has 1 aromatic heterocycles. The quantitative estimate of drug-likeness (QED) is 0.761. The fourth-order valence-electron chi connectivity index (χ4n) is 2.58. The lowest BCUT2D eigenvalue weighted by molar-refractivity contribution is 0.419. The van der Waals surface area contributed by atoms with E-state index in [2.05, 4.69) is 16.8 Å². The van der Waals surface area contributed by atoms with Crippen molar-refractivity contribution in [3.63, 3.8) is 0 Å². The molecule has 0 amide bonds. The summed E-state index contributed by atoms with van der Waals surface area (Å²) in [5.41, 5.74) is 1.06. The lowest BCUT2D eigenvalue weighted by Gasteiger charge is -2.19. The second kappa shape index (κ2) is 6.94. The summed E-state index contributed by atoms with van der Waals surface area (Å²) in [7, 11) is -1.48. The minimum atomic E-state index is -3.36. The van der Waals surface area contributed by atoms with Crippen LogP contribution < -0.4 is 5.32 Å². The van der Waals surface area contributed by atoms with Crippen LogP contribution in [0, 0.1) is 0 Å². The van der Waals surface area contributed by atoms with E-state index >= 15 is 0 Å². The molecule has 1 heterocycles. The average molecular weight is 313 g/mol. The normalized spacial score (nSPS) is 15.8. The van der Waals surface area contributed by atoms with Crippen molar-refractivity contribution in [2.24, 2.45) is 0 Å². The number of aromatic nitrogens is 1. The molecule has 5 nitrogen and oxygen atoms in total. The number of unbranched alkanes of at least 4 members (excludes halogenated alkanes) is 1. The first-order valence-electron chi connectivity index (χ1n) is 7.90. The van der Waals surface area contributed by atoms with Crippen LogP contribution in [0.2, 0.25) is 0 Å². The van der Waals surface area contributed by atoms with Crippen molar-refractivity contribution in [3.05, 3.63) is 18.0 Å². The zero-order valence-corrected chi connectivity index (χ0v) is 14.1. The third-order valence-corrected chi connectivity index (χ3v) is 5.90. The van der Waals surface area contributed by atoms with Gasteiger partial charge in [0.05, 0.1) is 0 Å². The number of nitrogens with one attached hydrogen (secondary N) is 1. The maximum atomic E-state index is 12.8. The Bertz CT molecular complexity index is 561. The fourth-order valence-corrected chi connectivity index (χ4v) is 4.12. The summed E-state index contributed by atoms with van der Waals surface area (Å²) in [6.07, 6.45) is 6.03. The van der Waals surface area contributed by atoms with Gasteiger partial charge in [0, 0.05) is 37.6 Å². The van der Waals surface area contributed by atoms with Gasteiger partial charge in [0.1, 0.15) is 4.90 Å². The molecule has 1 saturated carbocycles. The van der Waals surface area contributed by atoms with Crippen LogP contribution in [0.3, 0.4) is 0 Å². The van der Waals surface area contributed by atoms with E-state index in [0.717, 1.165) is 31.4 Å². The van der Waals surface area contributed by atoms with Crippen molar-refractivity contribution in [3.8, 4) is 0 Å². The van der Waals surface area contributed by atoms with Crippen molar-refractivity contribution in [1.29, 1.82) is 0 Å². The maximum absolute atomic E-state index is 12.8. The minimum absolute atomic E-state index is 0.442. The molecule has 6 heteroatoms. The van der Waals surface area contributed by atoms with Crippen LogP contribution in [0.4, 0.5) is 0 Å². The lowest BCUT2D eigenvalue weighted by atomic mass is 10.3. The van der Waals surface area contributed by atoms with E-state index in [1.165, 1.54) is 0 Å². The maximum Gasteiger partial charge on any atom is 0.244 e. The Morgan fingerprint density at radius 3 is 2.62 bits per heavy atom. The van der Waals surface area contributed by atoms with Gasteiger partial charge in [-0.3, -0.25) is 0 Å². The highest BCUT2D eigenvalue weighted by atomic mass is 32.2. The molecule has 0 spiro atoms. The van der Waals surface area contributed by atoms with Gasteiger partial charge < -0.3 is 9.88 Å². The van der Waals surface area contributed by atoms with Crippen LogP contribution in [-0.4, -0.2) is 37.4 Å². The lowest BCUT2D eigenvalue weighted by Crippen LogP contribution is -2.31. The first-order valence-corrected chi connectivity index (χ1v) is 9.34. The molecule has 0 saturated heterocycles. The molecule has 0 aromatic carbocycles. The van der Waals surface area contributed by atoms with E-state index in [4.69, 9.17) is 0 Å². The first kappa shape index (κ1) is 16.5. The summed E-state index contributed by atoms with van der Waals surface area (Å²) >= 11 is 0. The van der Waals surface area contributed by atoms with Gasteiger partial charge in [0.25, 0.3) is 0 Å². The topological polar surface area (TPSA) is 54.3 Å². The Labute approximate surface area is 128 Å². The van der Waals surface area contributed by atoms with Gasteiger partial charge in [0.15, 0.2) is 0 Å². The van der Waals surface area contributed by atoms with Crippen LogP contribution in [0.25, 0.3) is 0 Å². The Kier molecular flexibility index (Phi) is 5.46. The third kappa shape index (κ3) is 3.67. The Hall–Kier alpha value is -0.850. The molecular formula is C15H27N3O2S. The smallest absolute Gasteiger partial charge is 0.244 e. The van der Waals surface area contributed by atoms with E-state index < -0.39 is 10.0 Å². The molecule has 1 aliphatic rings. The summed E-state index contributed by atoms with van der Waals surface area (Å²) < 4.78 is 29.3. The summed E-state index contributed by atoms with van der Waals surface area (Å²) in [6, 6.07) is 2.32. The Morgan fingerprint density at radius 2 is 2.10 bits per heavy atom. The van der Waals surface area contributed by atoms with E-state index in [9.17, 15) is 8.42 Å². The van der Waals surface area contributed by atoms with E-state index in [0.29, 0.717) is 30.6 Å². The molecular weight excluding hydrogens is 286 g/mol. The fraction of sp³-hybridized carbons (Fsp3) is 0.733. The molecule has 1 fully saturated rings. The van der Waals surface area contributed by atoms with E-state index in [1.807, 2.05) is 26.2 Å². The van der Waals surface area contributed by atoms with Crippen molar-refractivity contribution in [2.75, 3.05) is 20.1 Å². The molecule has 120 valence electrons. The summed E-state index contributed by atoms with van der Waals surface area (Å²) in [5.74, 6) is 0. The molecule has 21 heavy (non-hydrogen) atoms. The van der Waals surface area contributed by atoms with Gasteiger partial charge in [0.2, 0.25) is 10.0 Å². The highest BCUT2D eigenvalue weighted by Gasteiger charge is 2.30. The highest BCUT2D eigenvalue weighted by Crippen LogP contribution is 2.37. The SMILES string of the molecule is CCCCN(CC)S(=O)(=O)c1cc(CNC)n(C2CC2)c1. The van der Waals surface area contributed by atoms with Crippen molar-refractivity contribution >= 4 is 10.0 Å². The van der Waals surface area contributed by atoms with E-state index in [1.54, 1.807) is 4.31 Å². The standard InChI is InChI=1S/C15H27N3O2S/c1-4-6-9-17(5-2)21(19,20)15-10-14(11-16-3)18(12-15)13-7-8-13/h10,12-13,16H,4-9,11H2,1-3H3. The molecule has 0 atom stereocenters. The Balaban J connectivity index is 2.28. The minimum Gasteiger partial charge on any atom is -0.346 e. The van der Waals surface area contributed by atoms with Crippen molar-refractivity contribution in [1.82, 2.24) is 14.2 Å². The number of sulfonamides is 1. The third-order valence-electron chi connectivity index (χ3n) is 3.96. The second-order valence-electron chi connectivity index (χ2n) is 5.69. The molecule has 0 bridgehead atoms. The van der Waals surface area contributed by atoms with Gasteiger partial charge in [-0.25, -0.2) is 8.42 Å². The first-order chi connectivity index (χ1) is 10.0. The van der Waals surface area contributed by atoms with Crippen molar-refractivity contribution in [2.45, 2.75) is 57.0 Å². The largest absolute Gasteiger partial charge is 0.346 e. The zero-order valence-electron chi connectivity index (χ0n) is 13.3. The molecule has 1 aromatic rings. The summed E-state index contributed by atoms with van der Waals surface area (Å²) in [4.78, 5) is 0.442. The Morgan fingerprint density at radius 1 is 1.38 bits per heavy atom. The molecule has 1 N–H and O–H groups in total. The van der Waals surface area contributed by atoms with E-state index in [-0.39, 0.29) is 0 Å². The number of hydrogen-bond donors (Lipinski definition) is 1. The predicted octanol–water partition coefficient (Wildman–Crippen LogP) is 2.35. The van der Waals surface area contributed by atoms with Gasteiger partial charge >= 0.3 is 0 Å².